The molecule has 0 amide bonds. The van der Waals surface area contributed by atoms with Gasteiger partial charge in [-0.05, 0) is 6.42 Å². The van der Waals surface area contributed by atoms with Crippen LogP contribution in [0.15, 0.2) is 0 Å². The lowest BCUT2D eigenvalue weighted by Gasteiger charge is -2.40. The predicted octanol–water partition coefficient (Wildman–Crippen LogP) is 5.73. The Morgan fingerprint density at radius 3 is 1.55 bits per heavy atom. The number of ether oxygens (including phenoxy) is 2. The van der Waals surface area contributed by atoms with Crippen molar-refractivity contribution in [2.75, 3.05) is 13.2 Å². The molecule has 0 aromatic rings. The molecule has 1 unspecified atom stereocenters. The van der Waals surface area contributed by atoms with E-state index in [1.54, 1.807) is 0 Å². The zero-order valence-electron chi connectivity index (χ0n) is 23.3. The zero-order chi connectivity index (χ0) is 28.2. The summed E-state index contributed by atoms with van der Waals surface area (Å²) in [5.41, 5.74) is -2.04. The molecule has 0 aromatic carbocycles. The van der Waals surface area contributed by atoms with Gasteiger partial charge in [-0.25, -0.2) is 9.36 Å². The summed E-state index contributed by atoms with van der Waals surface area (Å²) in [5.74, 6) is 0. The van der Waals surface area contributed by atoms with Gasteiger partial charge in [0.15, 0.2) is 6.29 Å². The molecule has 1 aliphatic rings. The van der Waals surface area contributed by atoms with Crippen LogP contribution < -0.4 is 0 Å². The van der Waals surface area contributed by atoms with Gasteiger partial charge in [0.25, 0.3) is 0 Å². The fourth-order valence-corrected chi connectivity index (χ4v) is 5.08. The SMILES string of the molecule is CCCCCCCCCCCCCCCCCCCCO[C@@H]1O[C@H](COP(=O)(O)C(=O)O)[C@H](O)[C@H](O)[C@H]1O. The van der Waals surface area contributed by atoms with Crippen LogP contribution in [0.25, 0.3) is 0 Å². The predicted molar refractivity (Wildman–Crippen MR) is 145 cm³/mol. The van der Waals surface area contributed by atoms with E-state index in [-0.39, 0.29) is 6.61 Å². The van der Waals surface area contributed by atoms with E-state index in [2.05, 4.69) is 11.4 Å². The summed E-state index contributed by atoms with van der Waals surface area (Å²) >= 11 is 0. The Hall–Kier alpha value is -0.580. The van der Waals surface area contributed by atoms with Crippen molar-refractivity contribution in [1.82, 2.24) is 0 Å². The summed E-state index contributed by atoms with van der Waals surface area (Å²) in [6.07, 6.45) is 15.4. The number of hydrogen-bond donors (Lipinski definition) is 5. The lowest BCUT2D eigenvalue weighted by Crippen LogP contribution is -2.59. The van der Waals surface area contributed by atoms with Crippen LogP contribution in [0.3, 0.4) is 0 Å². The molecule has 0 spiro atoms. The monoisotopic (exact) mass is 568 g/mol. The minimum absolute atomic E-state index is 0.268. The van der Waals surface area contributed by atoms with E-state index in [0.29, 0.717) is 0 Å². The third-order valence-corrected chi connectivity index (χ3v) is 8.09. The van der Waals surface area contributed by atoms with Crippen molar-refractivity contribution in [3.8, 4) is 0 Å². The number of hydrogen-bond acceptors (Lipinski definition) is 8. The van der Waals surface area contributed by atoms with Gasteiger partial charge in [-0.3, -0.25) is 4.52 Å². The highest BCUT2D eigenvalue weighted by molar-refractivity contribution is 7.70. The van der Waals surface area contributed by atoms with E-state index < -0.39 is 50.6 Å². The fraction of sp³-hybridized carbons (Fsp3) is 0.963. The molecule has 0 radical (unpaired) electrons. The molecule has 226 valence electrons. The molecule has 1 heterocycles. The first-order valence-electron chi connectivity index (χ1n) is 14.7. The van der Waals surface area contributed by atoms with Crippen molar-refractivity contribution >= 4 is 13.3 Å². The maximum Gasteiger partial charge on any atom is 0.435 e. The highest BCUT2D eigenvalue weighted by Gasteiger charge is 2.45. The highest BCUT2D eigenvalue weighted by Crippen LogP contribution is 2.43. The van der Waals surface area contributed by atoms with Gasteiger partial charge >= 0.3 is 13.3 Å². The van der Waals surface area contributed by atoms with Gasteiger partial charge in [0.1, 0.15) is 24.4 Å². The van der Waals surface area contributed by atoms with E-state index in [9.17, 15) is 29.6 Å². The molecule has 1 fully saturated rings. The molecule has 6 atom stereocenters. The Morgan fingerprint density at radius 2 is 1.13 bits per heavy atom. The second-order valence-corrected chi connectivity index (χ2v) is 12.2. The van der Waals surface area contributed by atoms with E-state index in [1.807, 2.05) is 0 Å². The number of aliphatic hydroxyl groups excluding tert-OH is 3. The quantitative estimate of drug-likeness (QED) is 0.0717. The molecule has 1 saturated heterocycles. The first-order chi connectivity index (χ1) is 18.2. The molecule has 1 aliphatic heterocycles. The van der Waals surface area contributed by atoms with Crippen molar-refractivity contribution in [2.45, 2.75) is 153 Å². The van der Waals surface area contributed by atoms with Crippen LogP contribution >= 0.6 is 7.60 Å². The first-order valence-corrected chi connectivity index (χ1v) is 16.3. The van der Waals surface area contributed by atoms with Gasteiger partial charge in [0.05, 0.1) is 6.61 Å². The minimum Gasteiger partial charge on any atom is -0.472 e. The Morgan fingerprint density at radius 1 is 0.711 bits per heavy atom. The molecular formula is C27H53O10P. The normalized spacial score (nSPS) is 25.3. The van der Waals surface area contributed by atoms with Crippen LogP contribution in [0.2, 0.25) is 0 Å². The Balaban J connectivity index is 2.01. The first kappa shape index (κ1) is 35.4. The topological polar surface area (TPSA) is 163 Å². The number of rotatable bonds is 24. The van der Waals surface area contributed by atoms with Gasteiger partial charge in [-0.1, -0.05) is 116 Å². The molecule has 5 N–H and O–H groups in total. The minimum atomic E-state index is -4.93. The molecular weight excluding hydrogens is 515 g/mol. The zero-order valence-corrected chi connectivity index (χ0v) is 24.1. The second-order valence-electron chi connectivity index (χ2n) is 10.5. The van der Waals surface area contributed by atoms with Crippen molar-refractivity contribution in [2.24, 2.45) is 0 Å². The summed E-state index contributed by atoms with van der Waals surface area (Å²) in [7, 11) is -4.93. The summed E-state index contributed by atoms with van der Waals surface area (Å²) in [4.78, 5) is 19.9. The second kappa shape index (κ2) is 21.2. The summed E-state index contributed by atoms with van der Waals surface area (Å²) < 4.78 is 26.7. The maximum atomic E-state index is 11.4. The summed E-state index contributed by atoms with van der Waals surface area (Å²) in [6, 6.07) is 0. The molecule has 10 nitrogen and oxygen atoms in total. The van der Waals surface area contributed by atoms with Crippen LogP contribution in [-0.4, -0.2) is 74.9 Å². The highest BCUT2D eigenvalue weighted by atomic mass is 31.2. The molecule has 0 aliphatic carbocycles. The standard InChI is InChI=1S/C27H53O10P/c1-2-3-4-5-6-7-8-9-10-11-12-13-14-15-16-17-18-19-20-35-26-25(30)24(29)23(28)22(37-26)21-36-38(33,34)27(31)32/h22-26,28-30H,2-21H2,1H3,(H,31,32)(H,33,34)/t22-,23+,24+,25-,26-/m1/s1. The molecule has 11 heteroatoms. The van der Waals surface area contributed by atoms with Crippen LogP contribution in [0.4, 0.5) is 4.79 Å². The molecule has 38 heavy (non-hydrogen) atoms. The molecule has 0 saturated carbocycles. The van der Waals surface area contributed by atoms with Crippen molar-refractivity contribution in [3.63, 3.8) is 0 Å². The maximum absolute atomic E-state index is 11.4. The number of aliphatic hydroxyl groups is 3. The van der Waals surface area contributed by atoms with E-state index >= 15 is 0 Å². The third kappa shape index (κ3) is 15.3. The average molecular weight is 569 g/mol. The van der Waals surface area contributed by atoms with Gasteiger partial charge in [-0.2, -0.15) is 0 Å². The van der Waals surface area contributed by atoms with Crippen molar-refractivity contribution in [3.05, 3.63) is 0 Å². The third-order valence-electron chi connectivity index (χ3n) is 7.10. The average Bonchev–Trinajstić information content (AvgIpc) is 2.89. The Labute approximate surface area is 228 Å². The smallest absolute Gasteiger partial charge is 0.435 e. The van der Waals surface area contributed by atoms with Crippen molar-refractivity contribution < 1.29 is 48.7 Å². The van der Waals surface area contributed by atoms with Gasteiger partial charge in [0.2, 0.25) is 0 Å². The molecule has 0 aromatic heterocycles. The van der Waals surface area contributed by atoms with E-state index in [1.165, 1.54) is 89.9 Å². The Kier molecular flexibility index (Phi) is 19.8. The number of carboxylic acid groups (broad SMARTS) is 1. The number of unbranched alkanes of at least 4 members (excludes halogenated alkanes) is 17. The van der Waals surface area contributed by atoms with E-state index in [4.69, 9.17) is 14.6 Å². The van der Waals surface area contributed by atoms with Crippen LogP contribution in [0, 0.1) is 0 Å². The summed E-state index contributed by atoms with van der Waals surface area (Å²) in [5, 5.41) is 38.8. The van der Waals surface area contributed by atoms with Gasteiger partial charge in [0, 0.05) is 6.61 Å². The van der Waals surface area contributed by atoms with E-state index in [0.717, 1.165) is 25.7 Å². The van der Waals surface area contributed by atoms with Gasteiger partial charge in [-0.15, -0.1) is 0 Å². The van der Waals surface area contributed by atoms with Crippen LogP contribution in [-0.2, 0) is 18.6 Å². The molecule has 1 rings (SSSR count). The summed E-state index contributed by atoms with van der Waals surface area (Å²) in [6.45, 7) is 1.77. The lowest BCUT2D eigenvalue weighted by molar-refractivity contribution is -0.300. The molecule has 0 bridgehead atoms. The lowest BCUT2D eigenvalue weighted by atomic mass is 9.99. The van der Waals surface area contributed by atoms with Crippen molar-refractivity contribution in [1.29, 1.82) is 0 Å². The fourth-order valence-electron chi connectivity index (χ4n) is 4.62. The number of carbonyl (C=O) groups is 1. The largest absolute Gasteiger partial charge is 0.472 e. The Bertz CT molecular complexity index is 649. The van der Waals surface area contributed by atoms with Gasteiger partial charge < -0.3 is 34.8 Å². The van der Waals surface area contributed by atoms with Crippen LogP contribution in [0.1, 0.15) is 122 Å². The van der Waals surface area contributed by atoms with Crippen LogP contribution in [0.5, 0.6) is 0 Å².